The molecule has 3 heteroatoms. The second-order valence-corrected chi connectivity index (χ2v) is 0.577. The normalized spacial score (nSPS) is 5.67. The third-order valence-electron chi connectivity index (χ3n) is 0.289. The zero-order valence-electron chi connectivity index (χ0n) is 4.27. The molecule has 0 amide bonds. The number of rotatable bonds is 1. The Morgan fingerprint density at radius 1 is 1.50 bits per heavy atom. The van der Waals surface area contributed by atoms with Crippen LogP contribution in [0.5, 0.6) is 0 Å². The van der Waals surface area contributed by atoms with E-state index < -0.39 is 0 Å². The van der Waals surface area contributed by atoms with Crippen molar-refractivity contribution >= 4 is 15.5 Å². The SMILES string of the molecule is CCOC.[B][B]. The smallest absolute Gasteiger partial charge is 0.0433 e. The van der Waals surface area contributed by atoms with Gasteiger partial charge >= 0.3 is 0 Å². The van der Waals surface area contributed by atoms with E-state index >= 15 is 0 Å². The van der Waals surface area contributed by atoms with Gasteiger partial charge in [-0.25, -0.2) is 0 Å². The van der Waals surface area contributed by atoms with Crippen molar-refractivity contribution in [1.29, 1.82) is 0 Å². The maximum Gasteiger partial charge on any atom is 0.0433 e. The van der Waals surface area contributed by atoms with Gasteiger partial charge in [-0.3, -0.25) is 0 Å². The second kappa shape index (κ2) is 19.5. The lowest BCUT2D eigenvalue weighted by Gasteiger charge is -1.76. The molecule has 0 saturated heterocycles. The molecule has 0 unspecified atom stereocenters. The van der Waals surface area contributed by atoms with Crippen LogP contribution in [0, 0.1) is 0 Å². The summed E-state index contributed by atoms with van der Waals surface area (Å²) >= 11 is 0. The van der Waals surface area contributed by atoms with Crippen molar-refractivity contribution in [3.8, 4) is 0 Å². The molecule has 1 nitrogen and oxygen atoms in total. The molecule has 32 valence electrons. The van der Waals surface area contributed by atoms with E-state index in [1.165, 1.54) is 0 Å². The monoisotopic (exact) mass is 82.1 g/mol. The fourth-order valence-electron chi connectivity index (χ4n) is 0. The first-order chi connectivity index (χ1) is 2.91. The van der Waals surface area contributed by atoms with Crippen LogP contribution in [0.2, 0.25) is 0 Å². The predicted molar refractivity (Wildman–Crippen MR) is 29.1 cm³/mol. The quantitative estimate of drug-likeness (QED) is 0.401. The summed E-state index contributed by atoms with van der Waals surface area (Å²) in [7, 11) is 9.68. The highest BCUT2D eigenvalue weighted by Crippen LogP contribution is 1.52. The standard InChI is InChI=1S/C3H8O.B2/c1-3-4-2;1-2/h3H2,1-2H3;. The molecule has 0 aliphatic heterocycles. The summed E-state index contributed by atoms with van der Waals surface area (Å²) in [4.78, 5) is 0. The lowest BCUT2D eigenvalue weighted by atomic mass is 9.81. The van der Waals surface area contributed by atoms with E-state index in [2.05, 4.69) is 20.2 Å². The first-order valence-corrected chi connectivity index (χ1v) is 1.74. The van der Waals surface area contributed by atoms with Gasteiger partial charge in [-0.2, -0.15) is 0 Å². The van der Waals surface area contributed by atoms with Gasteiger partial charge in [0.25, 0.3) is 0 Å². The number of hydrogen-bond acceptors (Lipinski definition) is 1. The van der Waals surface area contributed by atoms with Crippen LogP contribution in [0.4, 0.5) is 0 Å². The van der Waals surface area contributed by atoms with E-state index in [1.807, 2.05) is 6.92 Å². The summed E-state index contributed by atoms with van der Waals surface area (Å²) in [5.74, 6) is 0. The molecule has 0 atom stereocenters. The maximum atomic E-state index is 4.54. The molecule has 0 N–H and O–H groups in total. The number of hydrogen-bond donors (Lipinski definition) is 0. The summed E-state index contributed by atoms with van der Waals surface area (Å²) in [6.07, 6.45) is 0. The third-order valence-corrected chi connectivity index (χ3v) is 0.289. The van der Waals surface area contributed by atoms with Gasteiger partial charge in [0.05, 0.1) is 0 Å². The highest BCUT2D eigenvalue weighted by atomic mass is 16.5. The van der Waals surface area contributed by atoms with E-state index in [4.69, 9.17) is 0 Å². The van der Waals surface area contributed by atoms with Crippen LogP contribution in [0.15, 0.2) is 0 Å². The first-order valence-electron chi connectivity index (χ1n) is 1.74. The zero-order valence-corrected chi connectivity index (χ0v) is 4.27. The summed E-state index contributed by atoms with van der Waals surface area (Å²) < 4.78 is 4.54. The minimum Gasteiger partial charge on any atom is -0.385 e. The Morgan fingerprint density at radius 3 is 1.67 bits per heavy atom. The molecule has 0 spiro atoms. The van der Waals surface area contributed by atoms with Gasteiger partial charge in [0.15, 0.2) is 0 Å². The van der Waals surface area contributed by atoms with Crippen LogP contribution in [-0.2, 0) is 4.74 Å². The van der Waals surface area contributed by atoms with Crippen LogP contribution >= 0.6 is 0 Å². The highest BCUT2D eigenvalue weighted by Gasteiger charge is 1.51. The van der Waals surface area contributed by atoms with Crippen LogP contribution in [0.1, 0.15) is 6.92 Å². The molecular formula is C3H8B2O. The average molecular weight is 81.7 g/mol. The van der Waals surface area contributed by atoms with Crippen molar-refractivity contribution < 1.29 is 4.74 Å². The molecule has 6 heavy (non-hydrogen) atoms. The zero-order chi connectivity index (χ0) is 5.41. The van der Waals surface area contributed by atoms with Gasteiger partial charge in [-0.1, -0.05) is 0 Å². The Morgan fingerprint density at radius 2 is 1.67 bits per heavy atom. The Kier molecular flexibility index (Phi) is 30.6. The first kappa shape index (κ1) is 9.43. The third kappa shape index (κ3) is 32.9. The van der Waals surface area contributed by atoms with Crippen LogP contribution in [-0.4, -0.2) is 29.2 Å². The Labute approximate surface area is 41.9 Å². The van der Waals surface area contributed by atoms with Gasteiger partial charge in [-0.15, -0.1) is 0 Å². The molecule has 4 radical (unpaired) electrons. The van der Waals surface area contributed by atoms with E-state index in [1.54, 1.807) is 7.11 Å². The largest absolute Gasteiger partial charge is 0.385 e. The fraction of sp³-hybridized carbons (Fsp3) is 1.00. The van der Waals surface area contributed by atoms with Crippen molar-refractivity contribution in [2.45, 2.75) is 6.92 Å². The predicted octanol–water partition coefficient (Wildman–Crippen LogP) is -0.109. The molecule has 0 bridgehead atoms. The highest BCUT2D eigenvalue weighted by molar-refractivity contribution is 6.75. The second-order valence-electron chi connectivity index (χ2n) is 0.577. The van der Waals surface area contributed by atoms with E-state index in [0.717, 1.165) is 6.61 Å². The Balaban J connectivity index is 0. The molecule has 0 aromatic rings. The summed E-state index contributed by atoms with van der Waals surface area (Å²) in [6.45, 7) is 2.78. The maximum absolute atomic E-state index is 4.54. The van der Waals surface area contributed by atoms with Crippen molar-refractivity contribution in [3.05, 3.63) is 0 Å². The van der Waals surface area contributed by atoms with Gasteiger partial charge in [0, 0.05) is 29.2 Å². The van der Waals surface area contributed by atoms with Crippen molar-refractivity contribution in [1.82, 2.24) is 0 Å². The van der Waals surface area contributed by atoms with Gasteiger partial charge < -0.3 is 4.74 Å². The fourth-order valence-corrected chi connectivity index (χ4v) is 0. The molecule has 0 aromatic heterocycles. The van der Waals surface area contributed by atoms with Gasteiger partial charge in [0.2, 0.25) is 0 Å². The van der Waals surface area contributed by atoms with Crippen molar-refractivity contribution in [2.24, 2.45) is 0 Å². The van der Waals surface area contributed by atoms with E-state index in [0.29, 0.717) is 0 Å². The molecule has 0 aliphatic carbocycles. The molecular weight excluding hydrogens is 73.7 g/mol. The number of ether oxygens (including phenoxy) is 1. The average Bonchev–Trinajstić information content (AvgIpc) is 1.72. The lowest BCUT2D eigenvalue weighted by Crippen LogP contribution is -1.73. The van der Waals surface area contributed by atoms with E-state index in [-0.39, 0.29) is 0 Å². The Bertz CT molecular complexity index is 10.8. The summed E-state index contributed by atoms with van der Waals surface area (Å²) in [6, 6.07) is 0. The van der Waals surface area contributed by atoms with Crippen LogP contribution in [0.3, 0.4) is 0 Å². The van der Waals surface area contributed by atoms with Gasteiger partial charge in [0.1, 0.15) is 0 Å². The molecule has 0 aliphatic rings. The number of methoxy groups -OCH3 is 1. The summed E-state index contributed by atoms with van der Waals surface area (Å²) in [5, 5.41) is 0. The summed E-state index contributed by atoms with van der Waals surface area (Å²) in [5.41, 5.74) is 0. The van der Waals surface area contributed by atoms with Crippen molar-refractivity contribution in [2.75, 3.05) is 13.7 Å². The molecule has 0 rings (SSSR count). The van der Waals surface area contributed by atoms with E-state index in [9.17, 15) is 0 Å². The molecule has 0 saturated carbocycles. The topological polar surface area (TPSA) is 9.23 Å². The Hall–Kier alpha value is 0.0899. The minimum atomic E-state index is 0.819. The van der Waals surface area contributed by atoms with Crippen molar-refractivity contribution in [3.63, 3.8) is 0 Å². The molecule has 0 heterocycles. The molecule has 0 fully saturated rings. The minimum absolute atomic E-state index is 0.819. The lowest BCUT2D eigenvalue weighted by molar-refractivity contribution is 0.215. The van der Waals surface area contributed by atoms with Gasteiger partial charge in [-0.05, 0) is 6.92 Å². The molecule has 0 aromatic carbocycles. The van der Waals surface area contributed by atoms with Crippen LogP contribution in [0.25, 0.3) is 0 Å². The van der Waals surface area contributed by atoms with Crippen LogP contribution < -0.4 is 0 Å².